The third-order valence-electron chi connectivity index (χ3n) is 3.14. The first kappa shape index (κ1) is 19.6. The van der Waals surface area contributed by atoms with Gasteiger partial charge in [-0.1, -0.05) is 0 Å². The van der Waals surface area contributed by atoms with Crippen molar-refractivity contribution in [2.45, 2.75) is 32.4 Å². The number of rotatable bonds is 4. The fourth-order valence-corrected chi connectivity index (χ4v) is 2.14. The molecule has 1 heterocycles. The van der Waals surface area contributed by atoms with E-state index in [1.165, 1.54) is 13.8 Å². The smallest absolute Gasteiger partial charge is 0.406 e. The molecule has 11 heteroatoms. The average Bonchev–Trinajstić information content (AvgIpc) is 2.93. The average molecular weight is 381 g/mol. The van der Waals surface area contributed by atoms with Crippen molar-refractivity contribution >= 4 is 11.6 Å². The molecule has 5 nitrogen and oxygen atoms in total. The molecule has 1 aromatic heterocycles. The number of nitrogens with zero attached hydrogens (tertiary/aromatic N) is 2. The topological polar surface area (TPSA) is 56.2 Å². The van der Waals surface area contributed by atoms with Gasteiger partial charge in [0.05, 0.1) is 11.8 Å². The highest BCUT2D eigenvalue weighted by molar-refractivity contribution is 6.05. The van der Waals surface area contributed by atoms with Gasteiger partial charge in [0, 0.05) is 11.7 Å². The van der Waals surface area contributed by atoms with Gasteiger partial charge in [-0.2, -0.15) is 18.3 Å². The summed E-state index contributed by atoms with van der Waals surface area (Å²) in [6.07, 6.45) is -8.89. The van der Waals surface area contributed by atoms with Crippen molar-refractivity contribution in [2.75, 3.05) is 5.32 Å². The highest BCUT2D eigenvalue weighted by atomic mass is 19.4. The number of benzene rings is 1. The van der Waals surface area contributed by atoms with Crippen LogP contribution < -0.4 is 10.1 Å². The molecule has 0 radical (unpaired) electrons. The van der Waals surface area contributed by atoms with Crippen molar-refractivity contribution in [3.63, 3.8) is 0 Å². The second-order valence-corrected chi connectivity index (χ2v) is 5.47. The lowest BCUT2D eigenvalue weighted by atomic mass is 10.2. The molecular weight excluding hydrogens is 368 g/mol. The summed E-state index contributed by atoms with van der Waals surface area (Å²) >= 11 is 0. The van der Waals surface area contributed by atoms with E-state index in [0.717, 1.165) is 30.5 Å². The lowest BCUT2D eigenvalue weighted by Crippen LogP contribution is -2.22. The van der Waals surface area contributed by atoms with Gasteiger partial charge in [-0.3, -0.25) is 9.48 Å². The van der Waals surface area contributed by atoms with Crippen molar-refractivity contribution in [1.82, 2.24) is 9.78 Å². The monoisotopic (exact) mass is 381 g/mol. The summed E-state index contributed by atoms with van der Waals surface area (Å²) in [5.74, 6) is -1.62. The Morgan fingerprint density at radius 3 is 2.15 bits per heavy atom. The molecule has 0 saturated heterocycles. The molecule has 0 bridgehead atoms. The van der Waals surface area contributed by atoms with Crippen LogP contribution in [0.25, 0.3) is 0 Å². The summed E-state index contributed by atoms with van der Waals surface area (Å²) in [5, 5.41) is 5.77. The van der Waals surface area contributed by atoms with Gasteiger partial charge in [-0.25, -0.2) is 0 Å². The summed E-state index contributed by atoms with van der Waals surface area (Å²) in [6, 6.07) is 3.35. The molecule has 1 N–H and O–H groups in total. The van der Waals surface area contributed by atoms with Crippen LogP contribution in [0, 0.1) is 0 Å². The molecule has 0 aliphatic rings. The van der Waals surface area contributed by atoms with Crippen LogP contribution >= 0.6 is 0 Å². The number of hydrogen-bond donors (Lipinski definition) is 1. The summed E-state index contributed by atoms with van der Waals surface area (Å²) < 4.78 is 80.4. The molecule has 0 fully saturated rings. The van der Waals surface area contributed by atoms with Crippen LogP contribution in [-0.4, -0.2) is 22.1 Å². The number of carbonyl (C=O) groups is 1. The maximum absolute atomic E-state index is 13.2. The molecule has 0 atom stereocenters. The zero-order chi connectivity index (χ0) is 19.7. The Hall–Kier alpha value is -2.72. The predicted molar refractivity (Wildman–Crippen MR) is 78.7 cm³/mol. The molecule has 2 aromatic rings. The minimum atomic E-state index is -4.88. The Morgan fingerprint density at radius 2 is 1.69 bits per heavy atom. The molecular formula is C15H13F6N3O2. The zero-order valence-corrected chi connectivity index (χ0v) is 13.4. The Balaban J connectivity index is 2.23. The molecule has 142 valence electrons. The Kier molecular flexibility index (Phi) is 5.19. The second kappa shape index (κ2) is 6.89. The molecule has 2 rings (SSSR count). The van der Waals surface area contributed by atoms with E-state index in [1.54, 1.807) is 0 Å². The minimum Gasteiger partial charge on any atom is -0.406 e. The second-order valence-electron chi connectivity index (χ2n) is 5.47. The molecule has 0 aliphatic carbocycles. The number of nitrogens with one attached hydrogen (secondary N) is 1. The highest BCUT2D eigenvalue weighted by Gasteiger charge is 2.40. The number of hydrogen-bond acceptors (Lipinski definition) is 3. The first-order chi connectivity index (χ1) is 11.9. The van der Waals surface area contributed by atoms with Crippen LogP contribution in [0.4, 0.5) is 32.0 Å². The quantitative estimate of drug-likeness (QED) is 0.786. The molecule has 1 aromatic carbocycles. The molecule has 0 spiro atoms. The third-order valence-corrected chi connectivity index (χ3v) is 3.14. The Labute approximate surface area is 143 Å². The zero-order valence-electron chi connectivity index (χ0n) is 13.4. The van der Waals surface area contributed by atoms with Crippen molar-refractivity contribution in [3.05, 3.63) is 41.7 Å². The lowest BCUT2D eigenvalue weighted by Gasteiger charge is -2.15. The van der Waals surface area contributed by atoms with Gasteiger partial charge in [0.25, 0.3) is 5.91 Å². The predicted octanol–water partition coefficient (Wildman–Crippen LogP) is 4.63. The van der Waals surface area contributed by atoms with E-state index in [2.05, 4.69) is 15.2 Å². The van der Waals surface area contributed by atoms with Gasteiger partial charge < -0.3 is 10.1 Å². The third kappa shape index (κ3) is 4.67. The summed E-state index contributed by atoms with van der Waals surface area (Å²) in [5.41, 5.74) is -1.90. The van der Waals surface area contributed by atoms with E-state index in [9.17, 15) is 31.1 Å². The maximum atomic E-state index is 13.2. The van der Waals surface area contributed by atoms with Crippen LogP contribution in [0.1, 0.15) is 35.9 Å². The molecule has 0 aliphatic heterocycles. The van der Waals surface area contributed by atoms with E-state index in [0.29, 0.717) is 4.68 Å². The van der Waals surface area contributed by atoms with Crippen molar-refractivity contribution in [2.24, 2.45) is 0 Å². The van der Waals surface area contributed by atoms with E-state index < -0.39 is 41.5 Å². The molecule has 1 amide bonds. The number of halogens is 6. The Morgan fingerprint density at radius 1 is 1.12 bits per heavy atom. The van der Waals surface area contributed by atoms with Gasteiger partial charge in [0.15, 0.2) is 5.69 Å². The maximum Gasteiger partial charge on any atom is 0.573 e. The lowest BCUT2D eigenvalue weighted by molar-refractivity contribution is -0.274. The fraction of sp³-hybridized carbons (Fsp3) is 0.333. The van der Waals surface area contributed by atoms with E-state index >= 15 is 0 Å². The van der Waals surface area contributed by atoms with E-state index in [-0.39, 0.29) is 5.69 Å². The van der Waals surface area contributed by atoms with Crippen molar-refractivity contribution < 1.29 is 35.9 Å². The highest BCUT2D eigenvalue weighted by Crippen LogP contribution is 2.34. The Bertz CT molecular complexity index is 778. The van der Waals surface area contributed by atoms with Gasteiger partial charge >= 0.3 is 12.5 Å². The summed E-state index contributed by atoms with van der Waals surface area (Å²) in [6.45, 7) is 2.95. The SMILES string of the molecule is CC(C)n1ncc(C(=O)Nc2ccc(OC(F)(F)F)cc2)c1C(F)(F)F. The first-order valence-corrected chi connectivity index (χ1v) is 7.20. The standard InChI is InChI=1S/C15H13F6N3O2/c1-8(2)24-12(14(16,17)18)11(7-22-24)13(25)23-9-3-5-10(6-4-9)26-15(19,20)21/h3-8H,1-2H3,(H,23,25). The number of aromatic nitrogens is 2. The summed E-state index contributed by atoms with van der Waals surface area (Å²) in [4.78, 5) is 12.2. The van der Waals surface area contributed by atoms with Crippen molar-refractivity contribution in [1.29, 1.82) is 0 Å². The number of ether oxygens (including phenoxy) is 1. The number of amides is 1. The summed E-state index contributed by atoms with van der Waals surface area (Å²) in [7, 11) is 0. The number of anilines is 1. The van der Waals surface area contributed by atoms with Crippen molar-refractivity contribution in [3.8, 4) is 5.75 Å². The fourth-order valence-electron chi connectivity index (χ4n) is 2.14. The first-order valence-electron chi connectivity index (χ1n) is 7.20. The number of alkyl halides is 6. The van der Waals surface area contributed by atoms with Crippen LogP contribution in [0.15, 0.2) is 30.5 Å². The van der Waals surface area contributed by atoms with E-state index in [4.69, 9.17) is 0 Å². The van der Waals surface area contributed by atoms with Gasteiger partial charge in [-0.05, 0) is 38.1 Å². The van der Waals surface area contributed by atoms with Crippen LogP contribution in [0.2, 0.25) is 0 Å². The normalized spacial score (nSPS) is 12.3. The largest absolute Gasteiger partial charge is 0.573 e. The van der Waals surface area contributed by atoms with E-state index in [1.807, 2.05) is 0 Å². The van der Waals surface area contributed by atoms with Gasteiger partial charge in [0.2, 0.25) is 0 Å². The molecule has 0 saturated carbocycles. The van der Waals surface area contributed by atoms with Crippen LogP contribution in [0.3, 0.4) is 0 Å². The van der Waals surface area contributed by atoms with Gasteiger partial charge in [-0.15, -0.1) is 13.2 Å². The molecule has 0 unspecified atom stereocenters. The van der Waals surface area contributed by atoms with Crippen LogP contribution in [0.5, 0.6) is 5.75 Å². The van der Waals surface area contributed by atoms with Crippen LogP contribution in [-0.2, 0) is 6.18 Å². The molecule has 26 heavy (non-hydrogen) atoms. The number of carbonyl (C=O) groups excluding carboxylic acids is 1. The minimum absolute atomic E-state index is 0.00468. The van der Waals surface area contributed by atoms with Gasteiger partial charge in [0.1, 0.15) is 5.75 Å².